The maximum atomic E-state index is 11.2. The minimum absolute atomic E-state index is 0.397. The minimum atomic E-state index is -0.447. The quantitative estimate of drug-likeness (QED) is 0.820. The molecule has 0 atom stereocenters. The van der Waals surface area contributed by atoms with E-state index < -0.39 is 11.7 Å². The van der Waals surface area contributed by atoms with Crippen LogP contribution in [0, 0.1) is 0 Å². The largest absolute Gasteiger partial charge is 0.444 e. The number of ether oxygens (including phenoxy) is 1. The summed E-state index contributed by atoms with van der Waals surface area (Å²) in [5, 5.41) is 2.65. The summed E-state index contributed by atoms with van der Waals surface area (Å²) < 4.78 is 5.07. The van der Waals surface area contributed by atoms with Crippen LogP contribution in [0.4, 0.5) is 4.79 Å². The van der Waals surface area contributed by atoms with Gasteiger partial charge in [-0.1, -0.05) is 0 Å². The molecule has 0 aliphatic rings. The van der Waals surface area contributed by atoms with Crippen LogP contribution >= 0.6 is 11.3 Å². The molecule has 1 aromatic heterocycles. The van der Waals surface area contributed by atoms with Crippen molar-refractivity contribution in [1.82, 2.24) is 10.3 Å². The van der Waals surface area contributed by atoms with Crippen molar-refractivity contribution in [3.8, 4) is 0 Å². The lowest BCUT2D eigenvalue weighted by atomic mass is 10.2. The second kappa shape index (κ2) is 4.41. The number of thiazole rings is 1. The first-order valence-electron chi connectivity index (χ1n) is 4.31. The summed E-state index contributed by atoms with van der Waals surface area (Å²) in [5.74, 6) is 0. The molecule has 1 heterocycles. The Morgan fingerprint density at radius 1 is 1.64 bits per heavy atom. The molecule has 0 radical (unpaired) electrons. The molecule has 0 bridgehead atoms. The lowest BCUT2D eigenvalue weighted by molar-refractivity contribution is 0.0524. The number of nitrogens with zero attached hydrogens (tertiary/aromatic N) is 1. The average Bonchev–Trinajstić information content (AvgIpc) is 2.49. The Balaban J connectivity index is 2.29. The van der Waals surface area contributed by atoms with Gasteiger partial charge in [-0.3, -0.25) is 4.98 Å². The molecule has 0 fully saturated rings. The summed E-state index contributed by atoms with van der Waals surface area (Å²) in [6.07, 6.45) is 1.33. The predicted octanol–water partition coefficient (Wildman–Crippen LogP) is 2.17. The van der Waals surface area contributed by atoms with Crippen molar-refractivity contribution in [2.24, 2.45) is 0 Å². The fraction of sp³-hybridized carbons (Fsp3) is 0.556. The maximum Gasteiger partial charge on any atom is 0.407 e. The molecule has 4 nitrogen and oxygen atoms in total. The Bertz CT molecular complexity index is 290. The van der Waals surface area contributed by atoms with Gasteiger partial charge in [0.2, 0.25) is 0 Å². The van der Waals surface area contributed by atoms with Crippen LogP contribution in [0.2, 0.25) is 0 Å². The van der Waals surface area contributed by atoms with Crippen LogP contribution in [0.1, 0.15) is 25.6 Å². The third kappa shape index (κ3) is 4.23. The molecule has 1 aromatic rings. The maximum absolute atomic E-state index is 11.2. The molecule has 1 N–H and O–H groups in total. The predicted molar refractivity (Wildman–Crippen MR) is 55.2 cm³/mol. The van der Waals surface area contributed by atoms with E-state index in [1.54, 1.807) is 11.7 Å². The molecule has 0 aromatic carbocycles. The molecule has 0 saturated heterocycles. The number of rotatable bonds is 2. The Morgan fingerprint density at radius 3 is 2.86 bits per heavy atom. The van der Waals surface area contributed by atoms with Gasteiger partial charge in [-0.2, -0.15) is 0 Å². The van der Waals surface area contributed by atoms with E-state index in [1.165, 1.54) is 11.3 Å². The van der Waals surface area contributed by atoms with E-state index >= 15 is 0 Å². The van der Waals surface area contributed by atoms with Crippen LogP contribution in [0.15, 0.2) is 11.7 Å². The van der Waals surface area contributed by atoms with E-state index in [9.17, 15) is 4.79 Å². The van der Waals surface area contributed by atoms with Crippen LogP contribution in [-0.2, 0) is 11.3 Å². The molecule has 78 valence electrons. The molecule has 5 heteroatoms. The Labute approximate surface area is 87.3 Å². The first-order chi connectivity index (χ1) is 6.47. The molecule has 0 aliphatic carbocycles. The van der Waals surface area contributed by atoms with Crippen LogP contribution in [0.3, 0.4) is 0 Å². The van der Waals surface area contributed by atoms with Gasteiger partial charge in [0.25, 0.3) is 0 Å². The summed E-state index contributed by atoms with van der Waals surface area (Å²) in [6.45, 7) is 5.97. The highest BCUT2D eigenvalue weighted by Crippen LogP contribution is 2.08. The number of aromatic nitrogens is 1. The monoisotopic (exact) mass is 214 g/mol. The number of carbonyl (C=O) groups excluding carboxylic acids is 1. The molecule has 0 aliphatic heterocycles. The summed E-state index contributed by atoms with van der Waals surface area (Å²) >= 11 is 1.50. The summed E-state index contributed by atoms with van der Waals surface area (Å²) in [4.78, 5) is 16.1. The van der Waals surface area contributed by atoms with Crippen molar-refractivity contribution in [1.29, 1.82) is 0 Å². The molecule has 1 rings (SSSR count). The molecule has 0 saturated carbocycles. The molecular formula is C9H14N2O2S. The SMILES string of the molecule is CC(C)(C)OC(=O)NCc1cncs1. The van der Waals surface area contributed by atoms with Gasteiger partial charge in [0.05, 0.1) is 12.1 Å². The van der Waals surface area contributed by atoms with Gasteiger partial charge < -0.3 is 10.1 Å². The number of amides is 1. The van der Waals surface area contributed by atoms with Crippen molar-refractivity contribution in [2.75, 3.05) is 0 Å². The molecule has 1 amide bonds. The number of alkyl carbamates (subject to hydrolysis) is 1. The number of hydrogen-bond acceptors (Lipinski definition) is 4. The van der Waals surface area contributed by atoms with Gasteiger partial charge in [0.15, 0.2) is 0 Å². The molecule has 0 spiro atoms. The fourth-order valence-electron chi connectivity index (χ4n) is 0.803. The number of carbonyl (C=O) groups is 1. The van der Waals surface area contributed by atoms with Gasteiger partial charge >= 0.3 is 6.09 Å². The van der Waals surface area contributed by atoms with Gasteiger partial charge in [-0.15, -0.1) is 11.3 Å². The zero-order valence-corrected chi connectivity index (χ0v) is 9.35. The second-order valence-corrected chi connectivity index (χ2v) is 4.79. The number of nitrogens with one attached hydrogen (secondary N) is 1. The molecule has 0 unspecified atom stereocenters. The van der Waals surface area contributed by atoms with Gasteiger partial charge in [0, 0.05) is 11.1 Å². The van der Waals surface area contributed by atoms with Crippen molar-refractivity contribution in [2.45, 2.75) is 32.9 Å². The Morgan fingerprint density at radius 2 is 2.36 bits per heavy atom. The van der Waals surface area contributed by atoms with Crippen LogP contribution < -0.4 is 5.32 Å². The third-order valence-corrected chi connectivity index (χ3v) is 2.07. The van der Waals surface area contributed by atoms with Crippen molar-refractivity contribution >= 4 is 17.4 Å². The highest BCUT2D eigenvalue weighted by atomic mass is 32.1. The van der Waals surface area contributed by atoms with E-state index in [0.29, 0.717) is 6.54 Å². The first-order valence-corrected chi connectivity index (χ1v) is 5.19. The van der Waals surface area contributed by atoms with Gasteiger partial charge in [0.1, 0.15) is 5.60 Å². The molecular weight excluding hydrogens is 200 g/mol. The zero-order valence-electron chi connectivity index (χ0n) is 8.53. The highest BCUT2D eigenvalue weighted by Gasteiger charge is 2.15. The van der Waals surface area contributed by atoms with Crippen molar-refractivity contribution < 1.29 is 9.53 Å². The minimum Gasteiger partial charge on any atom is -0.444 e. The van der Waals surface area contributed by atoms with E-state index in [2.05, 4.69) is 10.3 Å². The summed E-state index contributed by atoms with van der Waals surface area (Å²) in [6, 6.07) is 0. The van der Waals surface area contributed by atoms with E-state index in [0.717, 1.165) is 4.88 Å². The highest BCUT2D eigenvalue weighted by molar-refractivity contribution is 7.09. The van der Waals surface area contributed by atoms with Crippen LogP contribution in [0.5, 0.6) is 0 Å². The lowest BCUT2D eigenvalue weighted by Crippen LogP contribution is -2.31. The smallest absolute Gasteiger partial charge is 0.407 e. The van der Waals surface area contributed by atoms with Gasteiger partial charge in [-0.05, 0) is 20.8 Å². The van der Waals surface area contributed by atoms with Crippen LogP contribution in [0.25, 0.3) is 0 Å². The molecule has 14 heavy (non-hydrogen) atoms. The first kappa shape index (κ1) is 11.0. The van der Waals surface area contributed by atoms with Gasteiger partial charge in [-0.25, -0.2) is 4.79 Å². The summed E-state index contributed by atoms with van der Waals surface area (Å²) in [5.41, 5.74) is 1.28. The Hall–Kier alpha value is -1.10. The standard InChI is InChI=1S/C9H14N2O2S/c1-9(2,3)13-8(12)11-5-7-4-10-6-14-7/h4,6H,5H2,1-3H3,(H,11,12). The number of hydrogen-bond donors (Lipinski definition) is 1. The van der Waals surface area contributed by atoms with Crippen molar-refractivity contribution in [3.63, 3.8) is 0 Å². The van der Waals surface area contributed by atoms with Crippen molar-refractivity contribution in [3.05, 3.63) is 16.6 Å². The Kier molecular flexibility index (Phi) is 3.46. The third-order valence-electron chi connectivity index (χ3n) is 1.29. The normalized spacial score (nSPS) is 11.1. The van der Waals surface area contributed by atoms with Crippen LogP contribution in [-0.4, -0.2) is 16.7 Å². The second-order valence-electron chi connectivity index (χ2n) is 3.82. The fourth-order valence-corrected chi connectivity index (χ4v) is 1.34. The van der Waals surface area contributed by atoms with E-state index in [-0.39, 0.29) is 0 Å². The van der Waals surface area contributed by atoms with E-state index in [1.807, 2.05) is 20.8 Å². The topological polar surface area (TPSA) is 51.2 Å². The average molecular weight is 214 g/mol. The van der Waals surface area contributed by atoms with E-state index in [4.69, 9.17) is 4.74 Å². The lowest BCUT2D eigenvalue weighted by Gasteiger charge is -2.19. The summed E-state index contributed by atoms with van der Waals surface area (Å²) in [7, 11) is 0. The zero-order chi connectivity index (χ0) is 10.6.